The molecule has 0 unspecified atom stereocenters. The number of hydrogen-bond donors (Lipinski definition) is 2. The van der Waals surface area contributed by atoms with Gasteiger partial charge in [0.1, 0.15) is 11.6 Å². The zero-order valence-electron chi connectivity index (χ0n) is 11.7. The number of primary sulfonamides is 1. The van der Waals surface area contributed by atoms with Crippen LogP contribution in [0.1, 0.15) is 5.56 Å². The predicted octanol–water partition coefficient (Wildman–Crippen LogP) is 1.72. The van der Waals surface area contributed by atoms with Gasteiger partial charge in [-0.3, -0.25) is 4.72 Å². The molecule has 2 aromatic rings. The highest BCUT2D eigenvalue weighted by molar-refractivity contribution is 7.92. The third kappa shape index (κ3) is 4.03. The molecule has 0 saturated heterocycles. The van der Waals surface area contributed by atoms with E-state index in [1.807, 2.05) is 4.72 Å². The zero-order valence-corrected chi connectivity index (χ0v) is 13.4. The summed E-state index contributed by atoms with van der Waals surface area (Å²) in [5.74, 6) is -2.11. The van der Waals surface area contributed by atoms with Crippen molar-refractivity contribution in [2.45, 2.75) is 16.7 Å². The Hall–Kier alpha value is -2.04. The Labute approximate surface area is 132 Å². The summed E-state index contributed by atoms with van der Waals surface area (Å²) >= 11 is 0. The van der Waals surface area contributed by atoms with Crippen molar-refractivity contribution < 1.29 is 25.6 Å². The highest BCUT2D eigenvalue weighted by Gasteiger charge is 2.19. The zero-order chi connectivity index (χ0) is 17.4. The van der Waals surface area contributed by atoms with E-state index >= 15 is 0 Å². The van der Waals surface area contributed by atoms with Gasteiger partial charge in [-0.15, -0.1) is 0 Å². The van der Waals surface area contributed by atoms with Crippen LogP contribution in [-0.2, 0) is 20.0 Å². The van der Waals surface area contributed by atoms with Crippen molar-refractivity contribution in [3.05, 3.63) is 53.6 Å². The van der Waals surface area contributed by atoms with E-state index < -0.39 is 36.6 Å². The first kappa shape index (κ1) is 17.3. The van der Waals surface area contributed by atoms with Crippen LogP contribution in [0.2, 0.25) is 0 Å². The topological polar surface area (TPSA) is 106 Å². The largest absolute Gasteiger partial charge is 0.280 e. The molecule has 23 heavy (non-hydrogen) atoms. The van der Waals surface area contributed by atoms with Crippen LogP contribution in [0.3, 0.4) is 0 Å². The molecule has 0 aliphatic carbocycles. The van der Waals surface area contributed by atoms with E-state index in [0.29, 0.717) is 23.8 Å². The number of nitrogens with two attached hydrogens (primary N) is 1. The van der Waals surface area contributed by atoms with Crippen molar-refractivity contribution in [2.75, 3.05) is 4.72 Å². The van der Waals surface area contributed by atoms with Gasteiger partial charge in [0, 0.05) is 6.07 Å². The number of halogens is 2. The Kier molecular flexibility index (Phi) is 4.42. The van der Waals surface area contributed by atoms with E-state index in [1.165, 1.54) is 19.1 Å². The Bertz CT molecular complexity index is 953. The molecule has 2 rings (SSSR count). The lowest BCUT2D eigenvalue weighted by Crippen LogP contribution is -2.16. The monoisotopic (exact) mass is 362 g/mol. The van der Waals surface area contributed by atoms with Gasteiger partial charge in [0.15, 0.2) is 0 Å². The first-order valence-electron chi connectivity index (χ1n) is 6.11. The molecule has 0 atom stereocenters. The maximum Gasteiger partial charge on any atom is 0.262 e. The van der Waals surface area contributed by atoms with Gasteiger partial charge in [0.25, 0.3) is 10.0 Å². The van der Waals surface area contributed by atoms with Gasteiger partial charge in [-0.2, -0.15) is 0 Å². The first-order chi connectivity index (χ1) is 10.5. The van der Waals surface area contributed by atoms with Crippen LogP contribution in [-0.4, -0.2) is 16.8 Å². The van der Waals surface area contributed by atoms with Crippen LogP contribution in [0.15, 0.2) is 46.2 Å². The van der Waals surface area contributed by atoms with Crippen molar-refractivity contribution in [2.24, 2.45) is 5.14 Å². The van der Waals surface area contributed by atoms with Crippen LogP contribution in [0.25, 0.3) is 0 Å². The third-order valence-electron chi connectivity index (χ3n) is 2.89. The smallest absolute Gasteiger partial charge is 0.262 e. The minimum atomic E-state index is -4.30. The lowest BCUT2D eigenvalue weighted by molar-refractivity contribution is 0.568. The maximum absolute atomic E-state index is 13.1. The fraction of sp³-hybridized carbons (Fsp3) is 0.0769. The van der Waals surface area contributed by atoms with Gasteiger partial charge in [0.05, 0.1) is 15.5 Å². The summed E-state index contributed by atoms with van der Waals surface area (Å²) in [6, 6.07) is 5.49. The summed E-state index contributed by atoms with van der Waals surface area (Å²) in [6.45, 7) is 1.49. The molecule has 0 saturated carbocycles. The highest BCUT2D eigenvalue weighted by atomic mass is 32.2. The number of rotatable bonds is 4. The highest BCUT2D eigenvalue weighted by Crippen LogP contribution is 2.22. The van der Waals surface area contributed by atoms with Crippen LogP contribution < -0.4 is 9.86 Å². The first-order valence-corrected chi connectivity index (χ1v) is 9.14. The summed E-state index contributed by atoms with van der Waals surface area (Å²) in [4.78, 5) is -0.893. The molecule has 0 bridgehead atoms. The second kappa shape index (κ2) is 5.87. The minimum Gasteiger partial charge on any atom is -0.280 e. The van der Waals surface area contributed by atoms with Gasteiger partial charge >= 0.3 is 0 Å². The normalized spacial score (nSPS) is 12.2. The molecule has 0 fully saturated rings. The van der Waals surface area contributed by atoms with Gasteiger partial charge in [-0.05, 0) is 36.8 Å². The summed E-state index contributed by atoms with van der Waals surface area (Å²) in [6.07, 6.45) is 0. The van der Waals surface area contributed by atoms with Gasteiger partial charge in [-0.1, -0.05) is 6.07 Å². The number of nitrogens with one attached hydrogen (secondary N) is 1. The van der Waals surface area contributed by atoms with Crippen molar-refractivity contribution in [3.63, 3.8) is 0 Å². The van der Waals surface area contributed by atoms with E-state index in [0.717, 1.165) is 6.07 Å². The molecule has 0 aromatic heterocycles. The van der Waals surface area contributed by atoms with E-state index in [9.17, 15) is 25.6 Å². The average Bonchev–Trinajstić information content (AvgIpc) is 2.38. The van der Waals surface area contributed by atoms with Gasteiger partial charge in [0.2, 0.25) is 10.0 Å². The van der Waals surface area contributed by atoms with Crippen molar-refractivity contribution in [1.82, 2.24) is 0 Å². The van der Waals surface area contributed by atoms with Crippen molar-refractivity contribution in [1.29, 1.82) is 0 Å². The molecule has 0 amide bonds. The maximum atomic E-state index is 13.1. The third-order valence-corrected chi connectivity index (χ3v) is 5.31. The quantitative estimate of drug-likeness (QED) is 0.864. The molecular formula is C13H12F2N2O4S2. The Balaban J connectivity index is 2.46. The van der Waals surface area contributed by atoms with Crippen molar-refractivity contribution in [3.8, 4) is 0 Å². The van der Waals surface area contributed by atoms with E-state index in [2.05, 4.69) is 0 Å². The van der Waals surface area contributed by atoms with E-state index in [1.54, 1.807) is 0 Å². The van der Waals surface area contributed by atoms with Crippen LogP contribution >= 0.6 is 0 Å². The molecule has 2 aromatic carbocycles. The molecule has 0 radical (unpaired) electrons. The van der Waals surface area contributed by atoms with E-state index in [4.69, 9.17) is 5.14 Å². The number of sulfonamides is 2. The van der Waals surface area contributed by atoms with E-state index in [-0.39, 0.29) is 10.6 Å². The predicted molar refractivity (Wildman–Crippen MR) is 79.7 cm³/mol. The average molecular weight is 362 g/mol. The standard InChI is InChI=1S/C13H12F2N2O4S2/c1-8-2-3-11(7-13(8)22(16,18)19)17-23(20,21)12-5-9(14)4-10(15)6-12/h2-7,17H,1H3,(H2,16,18,19). The Morgan fingerprint density at radius 2 is 1.52 bits per heavy atom. The summed E-state index contributed by atoms with van der Waals surface area (Å²) in [5.41, 5.74) is 0.219. The molecule has 124 valence electrons. The molecule has 3 N–H and O–H groups in total. The SMILES string of the molecule is Cc1ccc(NS(=O)(=O)c2cc(F)cc(F)c2)cc1S(N)(=O)=O. The molecule has 0 aliphatic rings. The van der Waals surface area contributed by atoms with Gasteiger partial charge < -0.3 is 0 Å². The number of benzene rings is 2. The fourth-order valence-corrected chi connectivity index (χ4v) is 3.77. The fourth-order valence-electron chi connectivity index (χ4n) is 1.87. The van der Waals surface area contributed by atoms with Crippen molar-refractivity contribution >= 4 is 25.7 Å². The molecule has 0 aliphatic heterocycles. The Morgan fingerprint density at radius 3 is 2.04 bits per heavy atom. The van der Waals surface area contributed by atoms with Crippen LogP contribution in [0.4, 0.5) is 14.5 Å². The second-order valence-corrected chi connectivity index (χ2v) is 7.95. The lowest BCUT2D eigenvalue weighted by atomic mass is 10.2. The summed E-state index contributed by atoms with van der Waals surface area (Å²) in [5, 5.41) is 5.04. The lowest BCUT2D eigenvalue weighted by Gasteiger charge is -2.11. The number of aryl methyl sites for hydroxylation is 1. The number of anilines is 1. The summed E-state index contributed by atoms with van der Waals surface area (Å²) in [7, 11) is -8.34. The molecule has 10 heteroatoms. The van der Waals surface area contributed by atoms with Gasteiger partial charge in [-0.25, -0.2) is 30.8 Å². The van der Waals surface area contributed by atoms with Crippen LogP contribution in [0.5, 0.6) is 0 Å². The molecule has 6 nitrogen and oxygen atoms in total. The second-order valence-electron chi connectivity index (χ2n) is 4.74. The molecule has 0 heterocycles. The summed E-state index contributed by atoms with van der Waals surface area (Å²) < 4.78 is 75.5. The Morgan fingerprint density at radius 1 is 0.957 bits per heavy atom. The molecule has 0 spiro atoms. The van der Waals surface area contributed by atoms with Crippen LogP contribution in [0, 0.1) is 18.6 Å². The number of hydrogen-bond acceptors (Lipinski definition) is 4. The molecular weight excluding hydrogens is 350 g/mol. The minimum absolute atomic E-state index is 0.107.